The minimum absolute atomic E-state index is 0.337. The van der Waals surface area contributed by atoms with Crippen LogP contribution < -0.4 is 20.9 Å². The van der Waals surface area contributed by atoms with Crippen molar-refractivity contribution in [1.82, 2.24) is 9.63 Å². The number of benzene rings is 2. The fraction of sp³-hybridized carbons (Fsp3) is 0.357. The molecule has 0 radical (unpaired) electrons. The van der Waals surface area contributed by atoms with Crippen LogP contribution in [-0.2, 0) is 11.4 Å². The van der Waals surface area contributed by atoms with Crippen LogP contribution in [0.4, 0.5) is 9.59 Å². The summed E-state index contributed by atoms with van der Waals surface area (Å²) < 4.78 is 13.9. The van der Waals surface area contributed by atoms with E-state index >= 15 is 0 Å². The van der Waals surface area contributed by atoms with E-state index in [4.69, 9.17) is 25.8 Å². The number of hydrogen-bond acceptors (Lipinski definition) is 6. The lowest BCUT2D eigenvalue weighted by Gasteiger charge is -2.42. The summed E-state index contributed by atoms with van der Waals surface area (Å²) in [6.45, 7) is 7.12. The summed E-state index contributed by atoms with van der Waals surface area (Å²) >= 11 is 0. The molecule has 0 bridgehead atoms. The fourth-order valence-corrected chi connectivity index (χ4v) is 5.24. The number of rotatable bonds is 6. The summed E-state index contributed by atoms with van der Waals surface area (Å²) in [4.78, 5) is 29.3. The van der Waals surface area contributed by atoms with Crippen molar-refractivity contribution >= 4 is 12.2 Å². The van der Waals surface area contributed by atoms with Gasteiger partial charge in [0.15, 0.2) is 5.75 Å². The smallest absolute Gasteiger partial charge is 0.423 e. The van der Waals surface area contributed by atoms with Gasteiger partial charge in [0.2, 0.25) is 0 Å². The van der Waals surface area contributed by atoms with Gasteiger partial charge in [-0.05, 0) is 48.1 Å². The van der Waals surface area contributed by atoms with E-state index in [0.717, 1.165) is 41.1 Å². The van der Waals surface area contributed by atoms with Gasteiger partial charge in [0.1, 0.15) is 11.5 Å². The number of aromatic nitrogens is 1. The Bertz CT molecular complexity index is 1310. The number of hydrogen-bond donors (Lipinski definition) is 2. The van der Waals surface area contributed by atoms with Gasteiger partial charge < -0.3 is 30.3 Å². The summed E-state index contributed by atoms with van der Waals surface area (Å²) in [7, 11) is 0. The Labute approximate surface area is 215 Å². The van der Waals surface area contributed by atoms with Crippen LogP contribution in [0.1, 0.15) is 57.0 Å². The summed E-state index contributed by atoms with van der Waals surface area (Å²) in [6.07, 6.45) is 0.303. The van der Waals surface area contributed by atoms with Crippen molar-refractivity contribution in [2.24, 2.45) is 16.9 Å². The molecule has 4 N–H and O–H groups in total. The molecule has 1 atom stereocenters. The Morgan fingerprint density at radius 1 is 0.865 bits per heavy atom. The van der Waals surface area contributed by atoms with Crippen molar-refractivity contribution in [1.29, 1.82) is 0 Å². The second kappa shape index (κ2) is 9.48. The maximum absolute atomic E-state index is 12.2. The van der Waals surface area contributed by atoms with Gasteiger partial charge in [0, 0.05) is 23.7 Å². The van der Waals surface area contributed by atoms with Crippen LogP contribution in [-0.4, -0.2) is 28.4 Å². The van der Waals surface area contributed by atoms with E-state index in [0.29, 0.717) is 30.5 Å². The predicted molar refractivity (Wildman–Crippen MR) is 138 cm³/mol. The maximum Gasteiger partial charge on any atom is 0.423 e. The summed E-state index contributed by atoms with van der Waals surface area (Å²) in [5.41, 5.74) is 14.1. The number of nitrogens with two attached hydrogens (primary N) is 2. The first-order valence-corrected chi connectivity index (χ1v) is 12.4. The maximum atomic E-state index is 12.2. The average Bonchev–Trinajstić information content (AvgIpc) is 3.62. The zero-order valence-electron chi connectivity index (χ0n) is 21.3. The van der Waals surface area contributed by atoms with Crippen LogP contribution in [0.15, 0.2) is 54.6 Å². The third-order valence-corrected chi connectivity index (χ3v) is 6.70. The number of ether oxygens (including phenoxy) is 2. The third-order valence-electron chi connectivity index (χ3n) is 6.70. The van der Waals surface area contributed by atoms with Crippen LogP contribution in [0.3, 0.4) is 0 Å². The van der Waals surface area contributed by atoms with Crippen LogP contribution in [0.5, 0.6) is 17.2 Å². The number of nitrogens with zero attached hydrogens (tertiary/aromatic N) is 2. The van der Waals surface area contributed by atoms with Crippen molar-refractivity contribution in [3.05, 3.63) is 66.0 Å². The van der Waals surface area contributed by atoms with E-state index in [2.05, 4.69) is 4.57 Å². The molecule has 2 amide bonds. The highest BCUT2D eigenvalue weighted by Gasteiger charge is 2.46. The molecule has 5 rings (SSSR count). The highest BCUT2D eigenvalue weighted by atomic mass is 16.7. The highest BCUT2D eigenvalue weighted by molar-refractivity contribution is 5.81. The first-order chi connectivity index (χ1) is 17.6. The van der Waals surface area contributed by atoms with Gasteiger partial charge in [-0.15, -0.1) is 5.06 Å². The Kier molecular flexibility index (Phi) is 6.33. The van der Waals surface area contributed by atoms with E-state index in [1.54, 1.807) is 5.06 Å². The normalized spacial score (nSPS) is 17.6. The molecule has 2 aromatic carbocycles. The molecular formula is C28H32N4O5. The van der Waals surface area contributed by atoms with Crippen molar-refractivity contribution in [3.63, 3.8) is 0 Å². The number of fused-ring (bicyclic) bond motifs is 1. The van der Waals surface area contributed by atoms with E-state index in [-0.39, 0.29) is 0 Å². The lowest BCUT2D eigenvalue weighted by molar-refractivity contribution is -0.168. The number of para-hydroxylation sites is 1. The predicted octanol–water partition coefficient (Wildman–Crippen LogP) is 5.70. The third kappa shape index (κ3) is 4.99. The Morgan fingerprint density at radius 3 is 2.08 bits per heavy atom. The van der Waals surface area contributed by atoms with E-state index in [1.807, 2.05) is 75.4 Å². The Morgan fingerprint density at radius 2 is 1.51 bits per heavy atom. The number of amides is 2. The molecule has 0 saturated heterocycles. The zero-order chi connectivity index (χ0) is 26.3. The van der Waals surface area contributed by atoms with Crippen LogP contribution >= 0.6 is 0 Å². The largest absolute Gasteiger partial charge is 0.457 e. The van der Waals surface area contributed by atoms with Crippen LogP contribution in [0.2, 0.25) is 0 Å². The van der Waals surface area contributed by atoms with Crippen LogP contribution in [0, 0.1) is 5.41 Å². The number of carbonyl (C=O) groups excluding carboxylic acids is 2. The number of primary amides is 2. The van der Waals surface area contributed by atoms with Gasteiger partial charge in [-0.25, -0.2) is 9.59 Å². The summed E-state index contributed by atoms with van der Waals surface area (Å²) in [5.74, 6) is 2.17. The molecule has 2 heterocycles. The fourth-order valence-electron chi connectivity index (χ4n) is 5.24. The van der Waals surface area contributed by atoms with Crippen molar-refractivity contribution in [2.75, 3.05) is 6.54 Å². The molecule has 1 aliphatic heterocycles. The summed E-state index contributed by atoms with van der Waals surface area (Å²) in [6, 6.07) is 16.9. The second-order valence-electron chi connectivity index (χ2n) is 10.6. The van der Waals surface area contributed by atoms with Gasteiger partial charge in [-0.2, -0.15) is 0 Å². The van der Waals surface area contributed by atoms with Crippen LogP contribution in [0.25, 0.3) is 11.1 Å². The lowest BCUT2D eigenvalue weighted by Crippen LogP contribution is -2.46. The molecule has 37 heavy (non-hydrogen) atoms. The quantitative estimate of drug-likeness (QED) is 0.444. The molecule has 1 fully saturated rings. The van der Waals surface area contributed by atoms with Crippen molar-refractivity contribution in [2.45, 2.75) is 52.1 Å². The van der Waals surface area contributed by atoms with Gasteiger partial charge in [0.05, 0.1) is 18.3 Å². The minimum Gasteiger partial charge on any atom is -0.457 e. The van der Waals surface area contributed by atoms with E-state index in [9.17, 15) is 9.59 Å². The van der Waals surface area contributed by atoms with Crippen molar-refractivity contribution < 1.29 is 23.9 Å². The standard InChI is InChI=1S/C28H32N4O5/c1-28(2,3)25-23-24(36-26(29)33)21(17-11-13-20(14-12-17)35-19-7-5-4-6-8-19)22(18-9-10-18)31(23)15-16-32(25)37-27(30)34/h4-8,11-14,18,25H,9-10,15-16H2,1-3H3,(H2,29,33)(H2,30,34). The van der Waals surface area contributed by atoms with Gasteiger partial charge in [-0.1, -0.05) is 51.1 Å². The summed E-state index contributed by atoms with van der Waals surface area (Å²) in [5, 5.41) is 1.59. The minimum atomic E-state index is -0.901. The number of carbonyl (C=O) groups is 2. The molecule has 194 valence electrons. The van der Waals surface area contributed by atoms with Gasteiger partial charge >= 0.3 is 12.2 Å². The topological polar surface area (TPSA) is 122 Å². The average molecular weight is 505 g/mol. The molecule has 3 aromatic rings. The molecule has 9 nitrogen and oxygen atoms in total. The van der Waals surface area contributed by atoms with E-state index in [1.165, 1.54) is 0 Å². The van der Waals surface area contributed by atoms with Crippen molar-refractivity contribution in [3.8, 4) is 28.4 Å². The molecule has 1 unspecified atom stereocenters. The Balaban J connectivity index is 1.65. The van der Waals surface area contributed by atoms with E-state index < -0.39 is 23.6 Å². The monoisotopic (exact) mass is 504 g/mol. The van der Waals surface area contributed by atoms with Gasteiger partial charge in [0.25, 0.3) is 0 Å². The number of hydroxylamine groups is 2. The molecule has 1 aliphatic carbocycles. The molecule has 1 aromatic heterocycles. The molecular weight excluding hydrogens is 472 g/mol. The second-order valence-corrected chi connectivity index (χ2v) is 10.6. The first kappa shape index (κ1) is 24.7. The van der Waals surface area contributed by atoms with Gasteiger partial charge in [-0.3, -0.25) is 0 Å². The molecule has 0 spiro atoms. The zero-order valence-corrected chi connectivity index (χ0v) is 21.3. The molecule has 1 saturated carbocycles. The Hall–Kier alpha value is -3.98. The first-order valence-electron chi connectivity index (χ1n) is 12.4. The SMILES string of the molecule is CC(C)(C)C1c2c(OC(N)=O)c(-c3ccc(Oc4ccccc4)cc3)c(C3CC3)n2CCN1OC(N)=O. The molecule has 2 aliphatic rings. The molecule has 9 heteroatoms. The highest BCUT2D eigenvalue weighted by Crippen LogP contribution is 2.55. The lowest BCUT2D eigenvalue weighted by atomic mass is 9.83.